The number of aromatic nitrogens is 2. The summed E-state index contributed by atoms with van der Waals surface area (Å²) in [5.41, 5.74) is 0.199. The van der Waals surface area contributed by atoms with Crippen molar-refractivity contribution in [2.24, 2.45) is 5.41 Å². The maximum atomic E-state index is 11.8. The van der Waals surface area contributed by atoms with Crippen LogP contribution in [0.5, 0.6) is 0 Å². The average Bonchev–Trinajstić information content (AvgIpc) is 2.25. The third-order valence-electron chi connectivity index (χ3n) is 2.36. The summed E-state index contributed by atoms with van der Waals surface area (Å²) in [7, 11) is 0. The van der Waals surface area contributed by atoms with Crippen LogP contribution in [0.4, 0.5) is 0 Å². The van der Waals surface area contributed by atoms with Gasteiger partial charge in [-0.15, -0.1) is 0 Å². The first kappa shape index (κ1) is 12.6. The Bertz CT molecular complexity index is 346. The van der Waals surface area contributed by atoms with Crippen LogP contribution in [0.25, 0.3) is 0 Å². The molecule has 0 aliphatic rings. The maximum Gasteiger partial charge on any atom is 0.254 e. The quantitative estimate of drug-likeness (QED) is 0.787. The molecule has 0 bridgehead atoms. The second kappa shape index (κ2) is 5.03. The summed E-state index contributed by atoms with van der Waals surface area (Å²) in [6.45, 7) is 5.77. The van der Waals surface area contributed by atoms with E-state index in [0.717, 1.165) is 0 Å². The molecule has 1 aromatic heterocycles. The number of aliphatic hydroxyl groups excluding tert-OH is 1. The fourth-order valence-corrected chi connectivity index (χ4v) is 1.19. The lowest BCUT2D eigenvalue weighted by Crippen LogP contribution is -2.46. The number of hydrogen-bond donors (Lipinski definition) is 2. The monoisotopic (exact) mass is 223 g/mol. The van der Waals surface area contributed by atoms with Gasteiger partial charge in [0.25, 0.3) is 5.91 Å². The molecule has 1 rings (SSSR count). The van der Waals surface area contributed by atoms with E-state index in [1.54, 1.807) is 0 Å². The first-order chi connectivity index (χ1) is 7.45. The van der Waals surface area contributed by atoms with E-state index >= 15 is 0 Å². The summed E-state index contributed by atoms with van der Waals surface area (Å²) in [6, 6.07) is -0.291. The molecule has 1 atom stereocenters. The fourth-order valence-electron chi connectivity index (χ4n) is 1.19. The topological polar surface area (TPSA) is 75.1 Å². The molecule has 5 nitrogen and oxygen atoms in total. The van der Waals surface area contributed by atoms with Gasteiger partial charge in [-0.2, -0.15) is 0 Å². The fraction of sp³-hybridized carbons (Fsp3) is 0.545. The Balaban J connectivity index is 2.71. The molecule has 0 spiro atoms. The molecule has 88 valence electrons. The molecule has 0 fully saturated rings. The Hall–Kier alpha value is -1.49. The normalized spacial score (nSPS) is 13.2. The molecule has 5 heteroatoms. The zero-order valence-electron chi connectivity index (χ0n) is 9.77. The molecule has 0 saturated heterocycles. The Labute approximate surface area is 94.9 Å². The summed E-state index contributed by atoms with van der Waals surface area (Å²) in [4.78, 5) is 19.3. The molecule has 2 N–H and O–H groups in total. The van der Waals surface area contributed by atoms with Crippen molar-refractivity contribution in [1.82, 2.24) is 15.3 Å². The van der Waals surface area contributed by atoms with Crippen molar-refractivity contribution in [3.05, 3.63) is 24.3 Å². The van der Waals surface area contributed by atoms with Gasteiger partial charge in [-0.25, -0.2) is 9.97 Å². The van der Waals surface area contributed by atoms with Crippen LogP contribution in [0.1, 0.15) is 31.1 Å². The summed E-state index contributed by atoms with van der Waals surface area (Å²) in [6.07, 6.45) is 4.25. The van der Waals surface area contributed by atoms with Gasteiger partial charge in [-0.05, 0) is 5.41 Å². The van der Waals surface area contributed by atoms with E-state index in [-0.39, 0.29) is 24.0 Å². The zero-order chi connectivity index (χ0) is 12.2. The molecule has 0 aliphatic heterocycles. The van der Waals surface area contributed by atoms with Gasteiger partial charge in [-0.1, -0.05) is 20.8 Å². The van der Waals surface area contributed by atoms with Gasteiger partial charge in [0.05, 0.1) is 18.2 Å². The van der Waals surface area contributed by atoms with Crippen LogP contribution in [0.3, 0.4) is 0 Å². The van der Waals surface area contributed by atoms with Gasteiger partial charge < -0.3 is 10.4 Å². The number of aliphatic hydroxyl groups is 1. The van der Waals surface area contributed by atoms with E-state index in [4.69, 9.17) is 0 Å². The predicted octanol–water partition coefficient (Wildman–Crippen LogP) is 0.613. The van der Waals surface area contributed by atoms with Crippen molar-refractivity contribution in [2.75, 3.05) is 6.61 Å². The van der Waals surface area contributed by atoms with Crippen molar-refractivity contribution in [1.29, 1.82) is 0 Å². The first-order valence-corrected chi connectivity index (χ1v) is 5.12. The number of carbonyl (C=O) groups excluding carboxylic acids is 1. The second-order valence-electron chi connectivity index (χ2n) is 4.70. The number of nitrogens with zero attached hydrogens (tertiary/aromatic N) is 2. The third kappa shape index (κ3) is 3.27. The van der Waals surface area contributed by atoms with E-state index in [0.29, 0.717) is 5.56 Å². The number of rotatable bonds is 3. The Morgan fingerprint density at radius 1 is 1.44 bits per heavy atom. The van der Waals surface area contributed by atoms with Crippen LogP contribution in [0, 0.1) is 5.41 Å². The molecule has 0 aliphatic carbocycles. The molecule has 16 heavy (non-hydrogen) atoms. The van der Waals surface area contributed by atoms with Crippen molar-refractivity contribution >= 4 is 5.91 Å². The molecule has 0 radical (unpaired) electrons. The molecular weight excluding hydrogens is 206 g/mol. The van der Waals surface area contributed by atoms with Gasteiger partial charge in [-0.3, -0.25) is 4.79 Å². The maximum absolute atomic E-state index is 11.8. The Morgan fingerprint density at radius 2 is 2.00 bits per heavy atom. The number of hydrogen-bond acceptors (Lipinski definition) is 4. The molecule has 1 amide bonds. The van der Waals surface area contributed by atoms with Crippen LogP contribution < -0.4 is 5.32 Å². The second-order valence-corrected chi connectivity index (χ2v) is 4.70. The Kier molecular flexibility index (Phi) is 3.95. The van der Waals surface area contributed by atoms with Crippen LogP contribution in [0.2, 0.25) is 0 Å². The zero-order valence-corrected chi connectivity index (χ0v) is 9.77. The standard InChI is InChI=1S/C11H17N3O2/c1-11(2,3)9(6-15)14-10(16)8-4-12-7-13-5-8/h4-5,7,9,15H,6H2,1-3H3,(H,14,16). The highest BCUT2D eigenvalue weighted by atomic mass is 16.3. The highest BCUT2D eigenvalue weighted by Gasteiger charge is 2.25. The van der Waals surface area contributed by atoms with Gasteiger partial charge in [0.1, 0.15) is 6.33 Å². The molecular formula is C11H17N3O2. The third-order valence-corrected chi connectivity index (χ3v) is 2.36. The van der Waals surface area contributed by atoms with E-state index in [1.807, 2.05) is 20.8 Å². The van der Waals surface area contributed by atoms with Gasteiger partial charge in [0.2, 0.25) is 0 Å². The highest BCUT2D eigenvalue weighted by molar-refractivity contribution is 5.93. The molecule has 0 aromatic carbocycles. The number of nitrogens with one attached hydrogen (secondary N) is 1. The molecule has 1 unspecified atom stereocenters. The van der Waals surface area contributed by atoms with Crippen LogP contribution in [-0.2, 0) is 0 Å². The molecule has 1 heterocycles. The van der Waals surface area contributed by atoms with Crippen molar-refractivity contribution < 1.29 is 9.90 Å². The predicted molar refractivity (Wildman–Crippen MR) is 59.8 cm³/mol. The van der Waals surface area contributed by atoms with Crippen molar-refractivity contribution in [2.45, 2.75) is 26.8 Å². The molecule has 1 aromatic rings. The lowest BCUT2D eigenvalue weighted by atomic mass is 9.87. The van der Waals surface area contributed by atoms with E-state index in [1.165, 1.54) is 18.7 Å². The van der Waals surface area contributed by atoms with Crippen molar-refractivity contribution in [3.8, 4) is 0 Å². The number of amides is 1. The van der Waals surface area contributed by atoms with Gasteiger partial charge in [0.15, 0.2) is 0 Å². The van der Waals surface area contributed by atoms with Crippen LogP contribution in [0.15, 0.2) is 18.7 Å². The average molecular weight is 223 g/mol. The van der Waals surface area contributed by atoms with Gasteiger partial charge in [0, 0.05) is 12.4 Å². The minimum Gasteiger partial charge on any atom is -0.394 e. The van der Waals surface area contributed by atoms with Gasteiger partial charge >= 0.3 is 0 Å². The minimum absolute atomic E-state index is 0.0943. The Morgan fingerprint density at radius 3 is 2.44 bits per heavy atom. The first-order valence-electron chi connectivity index (χ1n) is 5.12. The highest BCUT2D eigenvalue weighted by Crippen LogP contribution is 2.18. The SMILES string of the molecule is CC(C)(C)C(CO)NC(=O)c1cncnc1. The number of carbonyl (C=O) groups is 1. The van der Waals surface area contributed by atoms with E-state index < -0.39 is 0 Å². The van der Waals surface area contributed by atoms with Crippen LogP contribution in [-0.4, -0.2) is 33.6 Å². The lowest BCUT2D eigenvalue weighted by Gasteiger charge is -2.29. The summed E-state index contributed by atoms with van der Waals surface area (Å²) >= 11 is 0. The summed E-state index contributed by atoms with van der Waals surface area (Å²) in [5.74, 6) is -0.269. The van der Waals surface area contributed by atoms with Crippen LogP contribution >= 0.6 is 0 Å². The summed E-state index contributed by atoms with van der Waals surface area (Å²) in [5, 5.41) is 12.0. The lowest BCUT2D eigenvalue weighted by molar-refractivity contribution is 0.0847. The van der Waals surface area contributed by atoms with E-state index in [2.05, 4.69) is 15.3 Å². The van der Waals surface area contributed by atoms with Crippen molar-refractivity contribution in [3.63, 3.8) is 0 Å². The smallest absolute Gasteiger partial charge is 0.254 e. The molecule has 0 saturated carbocycles. The minimum atomic E-state index is -0.291. The largest absolute Gasteiger partial charge is 0.394 e. The van der Waals surface area contributed by atoms with E-state index in [9.17, 15) is 9.90 Å². The summed E-state index contributed by atoms with van der Waals surface area (Å²) < 4.78 is 0.